The van der Waals surface area contributed by atoms with Gasteiger partial charge in [0.2, 0.25) is 0 Å². The molecular weight excluding hydrogens is 295 g/mol. The van der Waals surface area contributed by atoms with Crippen LogP contribution in [0.25, 0.3) is 0 Å². The molecule has 0 aliphatic heterocycles. The predicted molar refractivity (Wildman–Crippen MR) is 76.7 cm³/mol. The molecule has 0 unspecified atom stereocenters. The van der Waals surface area contributed by atoms with Crippen LogP contribution < -0.4 is 10.2 Å². The lowest BCUT2D eigenvalue weighted by molar-refractivity contribution is 0.305. The largest absolute Gasteiger partial charge is 0.491 e. The molecule has 21 heavy (non-hydrogen) atoms. The van der Waals surface area contributed by atoms with Crippen molar-refractivity contribution in [3.63, 3.8) is 0 Å². The Morgan fingerprint density at radius 1 is 1.24 bits per heavy atom. The van der Waals surface area contributed by atoms with Crippen LogP contribution in [0.15, 0.2) is 36.4 Å². The van der Waals surface area contributed by atoms with Crippen LogP contribution in [0.5, 0.6) is 5.75 Å². The number of halogens is 2. The van der Waals surface area contributed by atoms with Crippen molar-refractivity contribution in [2.24, 2.45) is 0 Å². The zero-order valence-electron chi connectivity index (χ0n) is 10.8. The van der Waals surface area contributed by atoms with E-state index in [0.717, 1.165) is 6.07 Å². The van der Waals surface area contributed by atoms with Crippen molar-refractivity contribution < 1.29 is 19.2 Å². The van der Waals surface area contributed by atoms with Crippen molar-refractivity contribution >= 4 is 24.2 Å². The minimum absolute atomic E-state index is 0.102. The Balaban J connectivity index is 2.10. The molecule has 2 N–H and O–H groups in total. The summed E-state index contributed by atoms with van der Waals surface area (Å²) in [5.74, 6) is -0.536. The molecule has 0 heterocycles. The fraction of sp³-hybridized carbons (Fsp3) is 0.0714. The zero-order valence-corrected chi connectivity index (χ0v) is 11.5. The average molecular weight is 306 g/mol. The topological polar surface area (TPSA) is 73.5 Å². The van der Waals surface area contributed by atoms with Gasteiger partial charge >= 0.3 is 7.12 Å². The molecule has 7 heteroatoms. The molecule has 0 aliphatic rings. The first kappa shape index (κ1) is 15.3. The standard InChI is InChI=1S/C14H10BClFNO3/c16-13-5-9(7-18)1-2-10(13)8-21-11-3-4-12(15(19)20)14(17)6-11/h1-6,19-20H,8H2. The van der Waals surface area contributed by atoms with Gasteiger partial charge in [-0.05, 0) is 18.2 Å². The normalized spacial score (nSPS) is 10.0. The predicted octanol–water partition coefficient (Wildman–Crippen LogP) is 1.61. The molecule has 0 saturated heterocycles. The molecule has 106 valence electrons. The summed E-state index contributed by atoms with van der Waals surface area (Å²) in [5.41, 5.74) is 0.872. The summed E-state index contributed by atoms with van der Waals surface area (Å²) < 4.78 is 18.9. The number of benzene rings is 2. The highest BCUT2D eigenvalue weighted by molar-refractivity contribution is 6.58. The van der Waals surface area contributed by atoms with Gasteiger partial charge in [0.05, 0.1) is 11.6 Å². The van der Waals surface area contributed by atoms with Gasteiger partial charge < -0.3 is 14.8 Å². The van der Waals surface area contributed by atoms with Crippen LogP contribution in [0.3, 0.4) is 0 Å². The molecule has 2 aromatic rings. The van der Waals surface area contributed by atoms with Gasteiger partial charge in [0.1, 0.15) is 18.2 Å². The highest BCUT2D eigenvalue weighted by Crippen LogP contribution is 2.20. The molecule has 0 bridgehead atoms. The number of hydrogen-bond acceptors (Lipinski definition) is 4. The molecule has 0 amide bonds. The Bertz CT molecular complexity index is 703. The Hall–Kier alpha value is -2.07. The van der Waals surface area contributed by atoms with Crippen LogP contribution in [0, 0.1) is 17.1 Å². The van der Waals surface area contributed by atoms with Crippen molar-refractivity contribution in [3.8, 4) is 11.8 Å². The lowest BCUT2D eigenvalue weighted by Crippen LogP contribution is -2.32. The third-order valence-corrected chi connectivity index (χ3v) is 3.18. The van der Waals surface area contributed by atoms with Crippen molar-refractivity contribution in [1.82, 2.24) is 0 Å². The molecule has 0 atom stereocenters. The highest BCUT2D eigenvalue weighted by atomic mass is 35.5. The highest BCUT2D eigenvalue weighted by Gasteiger charge is 2.16. The number of ether oxygens (including phenoxy) is 1. The minimum Gasteiger partial charge on any atom is -0.489 e. The molecule has 0 fully saturated rings. The maximum atomic E-state index is 13.5. The van der Waals surface area contributed by atoms with Crippen LogP contribution in [-0.4, -0.2) is 17.2 Å². The number of nitriles is 1. The summed E-state index contributed by atoms with van der Waals surface area (Å²) in [6.07, 6.45) is 0. The first-order valence-corrected chi connectivity index (χ1v) is 6.36. The van der Waals surface area contributed by atoms with Gasteiger partial charge in [0, 0.05) is 22.1 Å². The van der Waals surface area contributed by atoms with Gasteiger partial charge in [-0.15, -0.1) is 0 Å². The van der Waals surface area contributed by atoms with E-state index in [2.05, 4.69) is 0 Å². The third-order valence-electron chi connectivity index (χ3n) is 2.83. The van der Waals surface area contributed by atoms with E-state index in [1.165, 1.54) is 18.2 Å². The number of rotatable bonds is 4. The summed E-state index contributed by atoms with van der Waals surface area (Å²) >= 11 is 6.00. The summed E-state index contributed by atoms with van der Waals surface area (Å²) in [7, 11) is -1.87. The molecule has 0 spiro atoms. The number of hydrogen-bond donors (Lipinski definition) is 2. The summed E-state index contributed by atoms with van der Waals surface area (Å²) in [4.78, 5) is 0. The lowest BCUT2D eigenvalue weighted by atomic mass is 9.80. The SMILES string of the molecule is N#Cc1ccc(COc2ccc(B(O)O)c(F)c2)c(Cl)c1. The molecule has 0 radical (unpaired) electrons. The monoisotopic (exact) mass is 305 g/mol. The van der Waals surface area contributed by atoms with E-state index in [9.17, 15) is 4.39 Å². The Kier molecular flexibility index (Phi) is 4.81. The van der Waals surface area contributed by atoms with Gasteiger partial charge in [-0.2, -0.15) is 5.26 Å². The van der Waals surface area contributed by atoms with Crippen molar-refractivity contribution in [2.45, 2.75) is 6.61 Å². The zero-order chi connectivity index (χ0) is 15.4. The van der Waals surface area contributed by atoms with Crippen LogP contribution in [0.4, 0.5) is 4.39 Å². The van der Waals surface area contributed by atoms with E-state index in [0.29, 0.717) is 16.1 Å². The fourth-order valence-electron chi connectivity index (χ4n) is 1.70. The van der Waals surface area contributed by atoms with E-state index >= 15 is 0 Å². The molecule has 0 aliphatic carbocycles. The second kappa shape index (κ2) is 6.59. The fourth-order valence-corrected chi connectivity index (χ4v) is 1.94. The summed E-state index contributed by atoms with van der Waals surface area (Å²) in [6, 6.07) is 10.5. The molecule has 4 nitrogen and oxygen atoms in total. The quantitative estimate of drug-likeness (QED) is 0.842. The summed E-state index contributed by atoms with van der Waals surface area (Å²) in [5, 5.41) is 27.0. The summed E-state index contributed by atoms with van der Waals surface area (Å²) in [6.45, 7) is 0.102. The molecule has 2 rings (SSSR count). The Labute approximate surface area is 126 Å². The molecular formula is C14H10BClFNO3. The maximum absolute atomic E-state index is 13.5. The Morgan fingerprint density at radius 3 is 2.57 bits per heavy atom. The van der Waals surface area contributed by atoms with Crippen molar-refractivity contribution in [1.29, 1.82) is 5.26 Å². The van der Waals surface area contributed by atoms with Gasteiger partial charge in [0.15, 0.2) is 0 Å². The van der Waals surface area contributed by atoms with Gasteiger partial charge in [-0.25, -0.2) is 4.39 Å². The molecule has 2 aromatic carbocycles. The first-order chi connectivity index (χ1) is 10.0. The smallest absolute Gasteiger partial charge is 0.489 e. The van der Waals surface area contributed by atoms with Crippen LogP contribution >= 0.6 is 11.6 Å². The molecule has 0 aromatic heterocycles. The lowest BCUT2D eigenvalue weighted by Gasteiger charge is -2.09. The van der Waals surface area contributed by atoms with E-state index in [-0.39, 0.29) is 17.8 Å². The molecule has 0 saturated carbocycles. The average Bonchev–Trinajstić information content (AvgIpc) is 2.45. The minimum atomic E-state index is -1.87. The maximum Gasteiger partial charge on any atom is 0.491 e. The van der Waals surface area contributed by atoms with Crippen LogP contribution in [0.1, 0.15) is 11.1 Å². The van der Waals surface area contributed by atoms with Crippen LogP contribution in [-0.2, 0) is 6.61 Å². The second-order valence-electron chi connectivity index (χ2n) is 4.26. The third kappa shape index (κ3) is 3.73. The van der Waals surface area contributed by atoms with Gasteiger partial charge in [-0.3, -0.25) is 0 Å². The first-order valence-electron chi connectivity index (χ1n) is 5.98. The Morgan fingerprint density at radius 2 is 2.00 bits per heavy atom. The number of nitrogens with zero attached hydrogens (tertiary/aromatic N) is 1. The second-order valence-corrected chi connectivity index (χ2v) is 4.67. The van der Waals surface area contributed by atoms with Gasteiger partial charge in [-0.1, -0.05) is 23.7 Å². The van der Waals surface area contributed by atoms with Crippen LogP contribution in [0.2, 0.25) is 5.02 Å². The van der Waals surface area contributed by atoms with E-state index in [1.807, 2.05) is 6.07 Å². The van der Waals surface area contributed by atoms with Crippen molar-refractivity contribution in [3.05, 3.63) is 58.4 Å². The van der Waals surface area contributed by atoms with E-state index in [1.54, 1.807) is 12.1 Å². The van der Waals surface area contributed by atoms with E-state index in [4.69, 9.17) is 31.6 Å². The van der Waals surface area contributed by atoms with Gasteiger partial charge in [0.25, 0.3) is 0 Å². The van der Waals surface area contributed by atoms with Crippen molar-refractivity contribution in [2.75, 3.05) is 0 Å². The van der Waals surface area contributed by atoms with E-state index < -0.39 is 12.9 Å².